The number of hydrogen-bond acceptors (Lipinski definition) is 2. The average Bonchev–Trinajstić information content (AvgIpc) is 2.45. The lowest BCUT2D eigenvalue weighted by atomic mass is 10.2. The van der Waals surface area contributed by atoms with Crippen LogP contribution in [0.15, 0.2) is 25.3 Å². The number of rotatable bonds is 10. The number of carbonyl (C=O) groups is 2. The number of likely N-dealkylation sites (N-methyl/N-ethyl adjacent to an activating group) is 2. The van der Waals surface area contributed by atoms with Crippen LogP contribution in [0, 0.1) is 0 Å². The van der Waals surface area contributed by atoms with Crippen molar-refractivity contribution >= 4 is 11.8 Å². The molecule has 0 aliphatic carbocycles. The van der Waals surface area contributed by atoms with E-state index in [0.29, 0.717) is 13.1 Å². The zero-order valence-corrected chi connectivity index (χ0v) is 12.2. The Balaban J connectivity index is 3.85. The molecule has 108 valence electrons. The Morgan fingerprint density at radius 2 is 1.21 bits per heavy atom. The molecule has 0 radical (unpaired) electrons. The molecule has 0 spiro atoms. The van der Waals surface area contributed by atoms with Crippen molar-refractivity contribution in [3.8, 4) is 0 Å². The first-order chi connectivity index (χ1) is 9.10. The molecule has 0 aromatic carbocycles. The Morgan fingerprint density at radius 1 is 0.842 bits per heavy atom. The van der Waals surface area contributed by atoms with Crippen molar-refractivity contribution in [1.82, 2.24) is 9.80 Å². The van der Waals surface area contributed by atoms with Crippen molar-refractivity contribution in [2.75, 3.05) is 26.2 Å². The summed E-state index contributed by atoms with van der Waals surface area (Å²) >= 11 is 0. The first-order valence-electron chi connectivity index (χ1n) is 6.93. The summed E-state index contributed by atoms with van der Waals surface area (Å²) < 4.78 is 0. The van der Waals surface area contributed by atoms with E-state index in [1.165, 1.54) is 12.2 Å². The number of hydrogen-bond donors (Lipinski definition) is 0. The van der Waals surface area contributed by atoms with Crippen LogP contribution in [-0.2, 0) is 9.59 Å². The second-order valence-electron chi connectivity index (χ2n) is 4.30. The molecule has 0 fully saturated rings. The van der Waals surface area contributed by atoms with Gasteiger partial charge in [-0.15, -0.1) is 0 Å². The third kappa shape index (κ3) is 6.79. The van der Waals surface area contributed by atoms with Crippen molar-refractivity contribution in [3.05, 3.63) is 25.3 Å². The molecule has 0 saturated heterocycles. The highest BCUT2D eigenvalue weighted by molar-refractivity contribution is 5.87. The van der Waals surface area contributed by atoms with Gasteiger partial charge in [-0.05, 0) is 45.3 Å². The number of nitrogens with zero attached hydrogens (tertiary/aromatic N) is 2. The molecule has 2 amide bonds. The fourth-order valence-corrected chi connectivity index (χ4v) is 1.89. The molecule has 0 aliphatic rings. The smallest absolute Gasteiger partial charge is 0.245 e. The second kappa shape index (κ2) is 10.4. The number of carbonyl (C=O) groups excluding carboxylic acids is 2. The van der Waals surface area contributed by atoms with E-state index in [2.05, 4.69) is 13.2 Å². The molecule has 0 heterocycles. The van der Waals surface area contributed by atoms with E-state index in [4.69, 9.17) is 0 Å². The lowest BCUT2D eigenvalue weighted by Gasteiger charge is -2.20. The molecule has 0 N–H and O–H groups in total. The molecule has 0 aromatic heterocycles. The maximum Gasteiger partial charge on any atom is 0.245 e. The van der Waals surface area contributed by atoms with Gasteiger partial charge in [-0.2, -0.15) is 0 Å². The SMILES string of the molecule is C=CC(=O)N(CC)CCCCCN(CC)C(=O)C=C. The zero-order valence-electron chi connectivity index (χ0n) is 12.2. The van der Waals surface area contributed by atoms with Gasteiger partial charge in [-0.1, -0.05) is 13.2 Å². The Kier molecular flexibility index (Phi) is 9.49. The molecular formula is C15H26N2O2. The van der Waals surface area contributed by atoms with Crippen molar-refractivity contribution in [1.29, 1.82) is 0 Å². The van der Waals surface area contributed by atoms with Crippen LogP contribution < -0.4 is 0 Å². The Bertz CT molecular complexity index is 283. The van der Waals surface area contributed by atoms with E-state index >= 15 is 0 Å². The molecule has 0 saturated carbocycles. The Morgan fingerprint density at radius 3 is 1.47 bits per heavy atom. The van der Waals surface area contributed by atoms with Crippen LogP contribution in [0.3, 0.4) is 0 Å². The predicted octanol–water partition coefficient (Wildman–Crippen LogP) is 2.23. The topological polar surface area (TPSA) is 40.6 Å². The fraction of sp³-hybridized carbons (Fsp3) is 0.600. The van der Waals surface area contributed by atoms with Gasteiger partial charge in [0.1, 0.15) is 0 Å². The Hall–Kier alpha value is -1.58. The molecule has 0 unspecified atom stereocenters. The van der Waals surface area contributed by atoms with Crippen molar-refractivity contribution in [2.45, 2.75) is 33.1 Å². The monoisotopic (exact) mass is 266 g/mol. The molecule has 4 heteroatoms. The zero-order chi connectivity index (χ0) is 14.7. The summed E-state index contributed by atoms with van der Waals surface area (Å²) in [6.45, 7) is 13.8. The highest BCUT2D eigenvalue weighted by Crippen LogP contribution is 2.02. The van der Waals surface area contributed by atoms with Crippen molar-refractivity contribution < 1.29 is 9.59 Å². The van der Waals surface area contributed by atoms with Crippen LogP contribution in [0.25, 0.3) is 0 Å². The summed E-state index contributed by atoms with van der Waals surface area (Å²) in [5, 5.41) is 0. The summed E-state index contributed by atoms with van der Waals surface area (Å²) in [5.74, 6) is -0.0287. The third-order valence-electron chi connectivity index (χ3n) is 3.09. The van der Waals surface area contributed by atoms with Gasteiger partial charge < -0.3 is 9.80 Å². The summed E-state index contributed by atoms with van der Waals surface area (Å²) in [4.78, 5) is 26.4. The Labute approximate surface area is 116 Å². The van der Waals surface area contributed by atoms with Crippen LogP contribution >= 0.6 is 0 Å². The lowest BCUT2D eigenvalue weighted by molar-refractivity contribution is -0.126. The van der Waals surface area contributed by atoms with Gasteiger partial charge in [0.2, 0.25) is 11.8 Å². The average molecular weight is 266 g/mol. The van der Waals surface area contributed by atoms with Gasteiger partial charge in [0.05, 0.1) is 0 Å². The molecule has 0 bridgehead atoms. The largest absolute Gasteiger partial charge is 0.339 e. The summed E-state index contributed by atoms with van der Waals surface area (Å²) in [7, 11) is 0. The van der Waals surface area contributed by atoms with Crippen molar-refractivity contribution in [2.24, 2.45) is 0 Å². The van der Waals surface area contributed by atoms with E-state index in [0.717, 1.165) is 32.4 Å². The highest BCUT2D eigenvalue weighted by Gasteiger charge is 2.08. The van der Waals surface area contributed by atoms with Crippen LogP contribution in [0.2, 0.25) is 0 Å². The molecule has 0 aromatic rings. The summed E-state index contributed by atoms with van der Waals surface area (Å²) in [5.41, 5.74) is 0. The second-order valence-corrected chi connectivity index (χ2v) is 4.30. The minimum absolute atomic E-state index is 0.0143. The van der Waals surface area contributed by atoms with Crippen LogP contribution in [-0.4, -0.2) is 47.8 Å². The van der Waals surface area contributed by atoms with Crippen LogP contribution in [0.4, 0.5) is 0 Å². The van der Waals surface area contributed by atoms with E-state index in [1.54, 1.807) is 9.80 Å². The van der Waals surface area contributed by atoms with E-state index in [-0.39, 0.29) is 11.8 Å². The lowest BCUT2D eigenvalue weighted by Crippen LogP contribution is -2.31. The van der Waals surface area contributed by atoms with Gasteiger partial charge in [-0.3, -0.25) is 9.59 Å². The maximum absolute atomic E-state index is 11.4. The van der Waals surface area contributed by atoms with Crippen molar-refractivity contribution in [3.63, 3.8) is 0 Å². The van der Waals surface area contributed by atoms with Gasteiger partial charge in [-0.25, -0.2) is 0 Å². The normalized spacial score (nSPS) is 9.79. The standard InChI is InChI=1S/C15H26N2O2/c1-5-14(18)16(7-3)12-10-9-11-13-17(8-4)15(19)6-2/h5-6H,1-2,7-13H2,3-4H3. The van der Waals surface area contributed by atoms with Crippen LogP contribution in [0.1, 0.15) is 33.1 Å². The summed E-state index contributed by atoms with van der Waals surface area (Å²) in [6, 6.07) is 0. The molecular weight excluding hydrogens is 240 g/mol. The number of unbranched alkanes of at least 4 members (excludes halogenated alkanes) is 2. The highest BCUT2D eigenvalue weighted by atomic mass is 16.2. The molecule has 0 rings (SSSR count). The third-order valence-corrected chi connectivity index (χ3v) is 3.09. The minimum Gasteiger partial charge on any atom is -0.339 e. The fourth-order valence-electron chi connectivity index (χ4n) is 1.89. The molecule has 0 atom stereocenters. The summed E-state index contributed by atoms with van der Waals surface area (Å²) in [6.07, 6.45) is 5.61. The predicted molar refractivity (Wildman–Crippen MR) is 78.8 cm³/mol. The van der Waals surface area contributed by atoms with Gasteiger partial charge >= 0.3 is 0 Å². The first kappa shape index (κ1) is 17.4. The molecule has 4 nitrogen and oxygen atoms in total. The minimum atomic E-state index is -0.0143. The first-order valence-corrected chi connectivity index (χ1v) is 6.93. The number of amides is 2. The van der Waals surface area contributed by atoms with E-state index < -0.39 is 0 Å². The van der Waals surface area contributed by atoms with Gasteiger partial charge in [0.25, 0.3) is 0 Å². The maximum atomic E-state index is 11.4. The van der Waals surface area contributed by atoms with Crippen LogP contribution in [0.5, 0.6) is 0 Å². The van der Waals surface area contributed by atoms with E-state index in [1.807, 2.05) is 13.8 Å². The van der Waals surface area contributed by atoms with E-state index in [9.17, 15) is 9.59 Å². The quantitative estimate of drug-likeness (QED) is 0.449. The van der Waals surface area contributed by atoms with Gasteiger partial charge in [0, 0.05) is 26.2 Å². The van der Waals surface area contributed by atoms with Gasteiger partial charge in [0.15, 0.2) is 0 Å². The molecule has 19 heavy (non-hydrogen) atoms. The molecule has 0 aliphatic heterocycles.